The number of carbonyl (C=O) groups is 1. The Hall–Kier alpha value is -1.38. The smallest absolute Gasteiger partial charge is 0.310 e. The monoisotopic (exact) mass is 179 g/mol. The topological polar surface area (TPSA) is 50.2 Å². The van der Waals surface area contributed by atoms with Crippen LogP contribution in [0.2, 0.25) is 0 Å². The van der Waals surface area contributed by atoms with Gasteiger partial charge in [0, 0.05) is 11.9 Å². The minimum atomic E-state index is -0.815. The van der Waals surface area contributed by atoms with Crippen LogP contribution in [0, 0.1) is 13.8 Å². The lowest BCUT2D eigenvalue weighted by molar-refractivity contribution is -0.138. The van der Waals surface area contributed by atoms with Gasteiger partial charge in [-0.25, -0.2) is 0 Å². The molecule has 13 heavy (non-hydrogen) atoms. The average Bonchev–Trinajstić information content (AvgIpc) is 2.08. The fourth-order valence-electron chi connectivity index (χ4n) is 1.04. The van der Waals surface area contributed by atoms with Crippen molar-refractivity contribution in [2.24, 2.45) is 0 Å². The third-order valence-electron chi connectivity index (χ3n) is 2.23. The Morgan fingerprint density at radius 1 is 1.54 bits per heavy atom. The van der Waals surface area contributed by atoms with Gasteiger partial charge in [0.1, 0.15) is 0 Å². The summed E-state index contributed by atoms with van der Waals surface area (Å²) in [5, 5.41) is 8.77. The highest BCUT2D eigenvalue weighted by molar-refractivity contribution is 5.75. The van der Waals surface area contributed by atoms with Crippen LogP contribution in [0.15, 0.2) is 12.3 Å². The van der Waals surface area contributed by atoms with Crippen molar-refractivity contribution in [3.8, 4) is 0 Å². The number of carboxylic acids is 1. The van der Waals surface area contributed by atoms with E-state index in [9.17, 15) is 4.79 Å². The van der Waals surface area contributed by atoms with E-state index in [1.165, 1.54) is 0 Å². The molecule has 1 heterocycles. The molecule has 1 N–H and O–H groups in total. The molecular formula is C10H13NO2. The van der Waals surface area contributed by atoms with Crippen molar-refractivity contribution in [1.82, 2.24) is 4.98 Å². The van der Waals surface area contributed by atoms with Gasteiger partial charge in [-0.15, -0.1) is 0 Å². The Balaban J connectivity index is 3.03. The number of aromatic nitrogens is 1. The van der Waals surface area contributed by atoms with Gasteiger partial charge in [-0.1, -0.05) is 6.07 Å². The Labute approximate surface area is 77.4 Å². The minimum Gasteiger partial charge on any atom is -0.481 e. The van der Waals surface area contributed by atoms with Crippen molar-refractivity contribution in [2.45, 2.75) is 26.7 Å². The van der Waals surface area contributed by atoms with Gasteiger partial charge in [0.2, 0.25) is 0 Å². The molecule has 0 aromatic carbocycles. The molecule has 0 saturated carbocycles. The summed E-state index contributed by atoms with van der Waals surface area (Å²) < 4.78 is 0. The lowest BCUT2D eigenvalue weighted by atomic mass is 10.0. The first-order valence-electron chi connectivity index (χ1n) is 4.18. The van der Waals surface area contributed by atoms with E-state index in [-0.39, 0.29) is 0 Å². The minimum absolute atomic E-state index is 0.480. The largest absolute Gasteiger partial charge is 0.481 e. The molecule has 0 saturated heterocycles. The first-order chi connectivity index (χ1) is 6.02. The van der Waals surface area contributed by atoms with Crippen LogP contribution in [0.3, 0.4) is 0 Å². The summed E-state index contributed by atoms with van der Waals surface area (Å²) in [6.45, 7) is 5.50. The quantitative estimate of drug-likeness (QED) is 0.754. The molecule has 1 aromatic rings. The number of pyridine rings is 1. The zero-order chi connectivity index (χ0) is 10.0. The summed E-state index contributed by atoms with van der Waals surface area (Å²) in [4.78, 5) is 14.8. The van der Waals surface area contributed by atoms with Crippen LogP contribution in [0.4, 0.5) is 0 Å². The summed E-state index contributed by atoms with van der Waals surface area (Å²) in [6.07, 6.45) is 1.63. The Kier molecular flexibility index (Phi) is 2.66. The molecular weight excluding hydrogens is 166 g/mol. The molecule has 1 rings (SSSR count). The van der Waals surface area contributed by atoms with E-state index < -0.39 is 11.9 Å². The van der Waals surface area contributed by atoms with Crippen molar-refractivity contribution in [3.63, 3.8) is 0 Å². The van der Waals surface area contributed by atoms with E-state index in [1.54, 1.807) is 13.1 Å². The number of aliphatic carboxylic acids is 1. The Morgan fingerprint density at radius 3 is 2.62 bits per heavy atom. The van der Waals surface area contributed by atoms with Gasteiger partial charge in [-0.3, -0.25) is 9.78 Å². The average molecular weight is 179 g/mol. The predicted molar refractivity (Wildman–Crippen MR) is 49.8 cm³/mol. The summed E-state index contributed by atoms with van der Waals surface area (Å²) in [5.74, 6) is -1.29. The van der Waals surface area contributed by atoms with Crippen molar-refractivity contribution < 1.29 is 9.90 Å². The summed E-state index contributed by atoms with van der Waals surface area (Å²) in [6, 6.07) is 1.88. The molecule has 1 unspecified atom stereocenters. The normalized spacial score (nSPS) is 12.5. The second-order valence-electron chi connectivity index (χ2n) is 3.23. The van der Waals surface area contributed by atoms with Crippen molar-refractivity contribution in [2.75, 3.05) is 0 Å². The van der Waals surface area contributed by atoms with Gasteiger partial charge >= 0.3 is 5.97 Å². The van der Waals surface area contributed by atoms with Gasteiger partial charge in [0.05, 0.1) is 5.92 Å². The molecule has 0 bridgehead atoms. The highest BCUT2D eigenvalue weighted by atomic mass is 16.4. The summed E-state index contributed by atoms with van der Waals surface area (Å²) in [7, 11) is 0. The van der Waals surface area contributed by atoms with E-state index in [4.69, 9.17) is 5.11 Å². The Morgan fingerprint density at radius 2 is 2.15 bits per heavy atom. The number of nitrogens with zero attached hydrogens (tertiary/aromatic N) is 1. The maximum atomic E-state index is 10.7. The van der Waals surface area contributed by atoms with Crippen LogP contribution >= 0.6 is 0 Å². The standard InChI is InChI=1S/C10H13NO2/c1-6-4-9(5-11-8(6)3)7(2)10(12)13/h4-5,7H,1-3H3,(H,12,13). The van der Waals surface area contributed by atoms with E-state index in [1.807, 2.05) is 19.9 Å². The van der Waals surface area contributed by atoms with E-state index in [2.05, 4.69) is 4.98 Å². The van der Waals surface area contributed by atoms with Crippen LogP contribution < -0.4 is 0 Å². The Bertz CT molecular complexity index is 334. The molecule has 70 valence electrons. The molecule has 0 fully saturated rings. The summed E-state index contributed by atoms with van der Waals surface area (Å²) in [5.41, 5.74) is 2.74. The second kappa shape index (κ2) is 3.56. The molecule has 0 amide bonds. The van der Waals surface area contributed by atoms with Crippen LogP contribution in [0.1, 0.15) is 29.7 Å². The zero-order valence-corrected chi connectivity index (χ0v) is 8.03. The maximum absolute atomic E-state index is 10.7. The van der Waals surface area contributed by atoms with Crippen LogP contribution in [-0.4, -0.2) is 16.1 Å². The highest BCUT2D eigenvalue weighted by Crippen LogP contribution is 2.16. The van der Waals surface area contributed by atoms with Gasteiger partial charge in [0.25, 0.3) is 0 Å². The van der Waals surface area contributed by atoms with Gasteiger partial charge in [-0.2, -0.15) is 0 Å². The number of rotatable bonds is 2. The molecule has 0 spiro atoms. The van der Waals surface area contributed by atoms with E-state index in [0.29, 0.717) is 0 Å². The third-order valence-corrected chi connectivity index (χ3v) is 2.23. The van der Waals surface area contributed by atoms with Crippen LogP contribution in [0.25, 0.3) is 0 Å². The molecule has 1 atom stereocenters. The first kappa shape index (κ1) is 9.71. The molecule has 1 aromatic heterocycles. The van der Waals surface area contributed by atoms with Crippen molar-refractivity contribution in [1.29, 1.82) is 0 Å². The number of aryl methyl sites for hydroxylation is 2. The fourth-order valence-corrected chi connectivity index (χ4v) is 1.04. The van der Waals surface area contributed by atoms with E-state index >= 15 is 0 Å². The maximum Gasteiger partial charge on any atom is 0.310 e. The van der Waals surface area contributed by atoms with Gasteiger partial charge < -0.3 is 5.11 Å². The first-order valence-corrected chi connectivity index (χ1v) is 4.18. The molecule has 0 aliphatic rings. The molecule has 3 nitrogen and oxygen atoms in total. The molecule has 0 aliphatic heterocycles. The lowest BCUT2D eigenvalue weighted by Gasteiger charge is -2.07. The molecule has 0 radical (unpaired) electrons. The van der Waals surface area contributed by atoms with Crippen molar-refractivity contribution in [3.05, 3.63) is 29.1 Å². The van der Waals surface area contributed by atoms with Gasteiger partial charge in [-0.05, 0) is 31.9 Å². The summed E-state index contributed by atoms with van der Waals surface area (Å²) >= 11 is 0. The van der Waals surface area contributed by atoms with Crippen molar-refractivity contribution >= 4 is 5.97 Å². The molecule has 3 heteroatoms. The molecule has 0 aliphatic carbocycles. The third kappa shape index (κ3) is 2.05. The predicted octanol–water partition coefficient (Wildman–Crippen LogP) is 1.89. The SMILES string of the molecule is Cc1cc(C(C)C(=O)O)cnc1C. The number of hydrogen-bond donors (Lipinski definition) is 1. The zero-order valence-electron chi connectivity index (χ0n) is 8.03. The van der Waals surface area contributed by atoms with E-state index in [0.717, 1.165) is 16.8 Å². The fraction of sp³-hybridized carbons (Fsp3) is 0.400. The lowest BCUT2D eigenvalue weighted by Crippen LogP contribution is -2.08. The number of carboxylic acid groups (broad SMARTS) is 1. The van der Waals surface area contributed by atoms with Crippen LogP contribution in [-0.2, 0) is 4.79 Å². The highest BCUT2D eigenvalue weighted by Gasteiger charge is 2.14. The second-order valence-corrected chi connectivity index (χ2v) is 3.23. The van der Waals surface area contributed by atoms with Crippen LogP contribution in [0.5, 0.6) is 0 Å². The number of hydrogen-bond acceptors (Lipinski definition) is 2. The van der Waals surface area contributed by atoms with Gasteiger partial charge in [0.15, 0.2) is 0 Å².